The number of H-pyrrole nitrogens is 1. The standard InChI is InChI=1S/C21H21Cl2N3O2/c22-14-3-1-13(2-4-14)18(8-10-27)25-21(28)26-9-7-16-17-11-15(23)5-6-19(17)24-20(16)12-26/h1-6,11,18,24,27H,7-10,12H2,(H,25,28). The second kappa shape index (κ2) is 8.03. The van der Waals surface area contributed by atoms with Crippen LogP contribution in [0, 0.1) is 0 Å². The maximum absolute atomic E-state index is 12.9. The number of halogens is 2. The molecule has 3 aromatic rings. The summed E-state index contributed by atoms with van der Waals surface area (Å²) in [5.74, 6) is 0. The maximum atomic E-state index is 12.9. The number of rotatable bonds is 4. The fourth-order valence-corrected chi connectivity index (χ4v) is 4.07. The van der Waals surface area contributed by atoms with Crippen LogP contribution < -0.4 is 5.32 Å². The van der Waals surface area contributed by atoms with Gasteiger partial charge in [-0.2, -0.15) is 0 Å². The molecule has 1 aromatic heterocycles. The van der Waals surface area contributed by atoms with Crippen molar-refractivity contribution in [3.63, 3.8) is 0 Å². The third-order valence-corrected chi connectivity index (χ3v) is 5.70. The fraction of sp³-hybridized carbons (Fsp3) is 0.286. The molecule has 0 bridgehead atoms. The molecule has 1 aliphatic rings. The molecular formula is C21H21Cl2N3O2. The maximum Gasteiger partial charge on any atom is 0.318 e. The molecule has 1 unspecified atom stereocenters. The number of hydrogen-bond acceptors (Lipinski definition) is 2. The third-order valence-electron chi connectivity index (χ3n) is 5.21. The summed E-state index contributed by atoms with van der Waals surface area (Å²) in [6.45, 7) is 1.13. The first-order valence-electron chi connectivity index (χ1n) is 9.26. The van der Waals surface area contributed by atoms with Crippen molar-refractivity contribution in [1.82, 2.24) is 15.2 Å². The summed E-state index contributed by atoms with van der Waals surface area (Å²) in [5, 5.41) is 14.9. The Bertz CT molecular complexity index is 1000. The lowest BCUT2D eigenvalue weighted by molar-refractivity contribution is 0.183. The van der Waals surface area contributed by atoms with Crippen molar-refractivity contribution >= 4 is 40.1 Å². The number of nitrogens with zero attached hydrogens (tertiary/aromatic N) is 1. The van der Waals surface area contributed by atoms with Crippen molar-refractivity contribution in [1.29, 1.82) is 0 Å². The van der Waals surface area contributed by atoms with Gasteiger partial charge in [-0.25, -0.2) is 4.79 Å². The normalized spacial score (nSPS) is 14.8. The zero-order chi connectivity index (χ0) is 19.7. The minimum Gasteiger partial charge on any atom is -0.396 e. The van der Waals surface area contributed by atoms with E-state index in [9.17, 15) is 9.90 Å². The second-order valence-electron chi connectivity index (χ2n) is 7.01. The van der Waals surface area contributed by atoms with E-state index in [1.54, 1.807) is 17.0 Å². The Morgan fingerprint density at radius 3 is 2.68 bits per heavy atom. The largest absolute Gasteiger partial charge is 0.396 e. The summed E-state index contributed by atoms with van der Waals surface area (Å²) < 4.78 is 0. The van der Waals surface area contributed by atoms with Gasteiger partial charge in [-0.3, -0.25) is 0 Å². The highest BCUT2D eigenvalue weighted by Gasteiger charge is 2.25. The molecule has 7 heteroatoms. The summed E-state index contributed by atoms with van der Waals surface area (Å²) in [6.07, 6.45) is 1.21. The Kier molecular flexibility index (Phi) is 5.49. The van der Waals surface area contributed by atoms with E-state index < -0.39 is 0 Å². The van der Waals surface area contributed by atoms with Crippen LogP contribution in [0.5, 0.6) is 0 Å². The molecule has 3 N–H and O–H groups in total. The van der Waals surface area contributed by atoms with Crippen molar-refractivity contribution in [3.05, 3.63) is 69.3 Å². The van der Waals surface area contributed by atoms with E-state index in [4.69, 9.17) is 23.2 Å². The number of fused-ring (bicyclic) bond motifs is 3. The van der Waals surface area contributed by atoms with Crippen LogP contribution in [0.3, 0.4) is 0 Å². The van der Waals surface area contributed by atoms with Crippen LogP contribution in [0.1, 0.15) is 29.3 Å². The van der Waals surface area contributed by atoms with Crippen LogP contribution in [0.15, 0.2) is 42.5 Å². The van der Waals surface area contributed by atoms with Gasteiger partial charge in [-0.15, -0.1) is 0 Å². The molecule has 146 valence electrons. The molecule has 0 fully saturated rings. The average molecular weight is 418 g/mol. The van der Waals surface area contributed by atoms with Gasteiger partial charge in [0, 0.05) is 39.8 Å². The quantitative estimate of drug-likeness (QED) is 0.577. The summed E-state index contributed by atoms with van der Waals surface area (Å²) >= 11 is 12.1. The van der Waals surface area contributed by atoms with Gasteiger partial charge in [0.25, 0.3) is 0 Å². The number of amides is 2. The first-order chi connectivity index (χ1) is 13.5. The van der Waals surface area contributed by atoms with E-state index in [1.165, 1.54) is 5.56 Å². The lowest BCUT2D eigenvalue weighted by Gasteiger charge is -2.29. The highest BCUT2D eigenvalue weighted by Crippen LogP contribution is 2.30. The number of urea groups is 1. The topological polar surface area (TPSA) is 68.4 Å². The highest BCUT2D eigenvalue weighted by molar-refractivity contribution is 6.31. The van der Waals surface area contributed by atoms with Crippen LogP contribution in [-0.2, 0) is 13.0 Å². The number of aliphatic hydroxyl groups is 1. The molecule has 0 saturated heterocycles. The van der Waals surface area contributed by atoms with Crippen LogP contribution >= 0.6 is 23.2 Å². The fourth-order valence-electron chi connectivity index (χ4n) is 3.77. The first kappa shape index (κ1) is 19.1. The predicted molar refractivity (Wildman–Crippen MR) is 112 cm³/mol. The number of carbonyl (C=O) groups is 1. The Hall–Kier alpha value is -2.21. The third kappa shape index (κ3) is 3.83. The van der Waals surface area contributed by atoms with Crippen LogP contribution in [0.4, 0.5) is 4.79 Å². The minimum absolute atomic E-state index is 0.0134. The molecule has 2 aromatic carbocycles. The van der Waals surface area contributed by atoms with Crippen LogP contribution in [0.2, 0.25) is 10.0 Å². The number of aromatic amines is 1. The van der Waals surface area contributed by atoms with Gasteiger partial charge in [0.05, 0.1) is 12.6 Å². The van der Waals surface area contributed by atoms with Crippen molar-refractivity contribution in [2.75, 3.05) is 13.2 Å². The van der Waals surface area contributed by atoms with Gasteiger partial charge in [-0.05, 0) is 54.3 Å². The van der Waals surface area contributed by atoms with E-state index in [0.717, 1.165) is 28.6 Å². The predicted octanol–water partition coefficient (Wildman–Crippen LogP) is 4.67. The molecule has 0 aliphatic carbocycles. The number of aromatic nitrogens is 1. The van der Waals surface area contributed by atoms with Gasteiger partial charge in [0.1, 0.15) is 0 Å². The molecule has 0 spiro atoms. The van der Waals surface area contributed by atoms with Gasteiger partial charge in [0.15, 0.2) is 0 Å². The Morgan fingerprint density at radius 2 is 1.93 bits per heavy atom. The number of hydrogen-bond donors (Lipinski definition) is 3. The molecule has 0 saturated carbocycles. The SMILES string of the molecule is O=C(NC(CCO)c1ccc(Cl)cc1)N1CCc2c([nH]c3ccc(Cl)cc23)C1. The van der Waals surface area contributed by atoms with Gasteiger partial charge >= 0.3 is 6.03 Å². The smallest absolute Gasteiger partial charge is 0.318 e. The van der Waals surface area contributed by atoms with Crippen molar-refractivity contribution in [3.8, 4) is 0 Å². The average Bonchev–Trinajstić information content (AvgIpc) is 3.05. The molecule has 5 nitrogen and oxygen atoms in total. The number of nitrogens with one attached hydrogen (secondary N) is 2. The van der Waals surface area contributed by atoms with E-state index in [-0.39, 0.29) is 18.7 Å². The molecule has 2 heterocycles. The molecule has 1 atom stereocenters. The van der Waals surface area contributed by atoms with Gasteiger partial charge < -0.3 is 20.3 Å². The van der Waals surface area contributed by atoms with Crippen LogP contribution in [0.25, 0.3) is 10.9 Å². The van der Waals surface area contributed by atoms with E-state index in [2.05, 4.69) is 10.3 Å². The summed E-state index contributed by atoms with van der Waals surface area (Å²) in [7, 11) is 0. The minimum atomic E-state index is -0.266. The van der Waals surface area contributed by atoms with Crippen molar-refractivity contribution in [2.45, 2.75) is 25.4 Å². The highest BCUT2D eigenvalue weighted by atomic mass is 35.5. The molecule has 2 amide bonds. The lowest BCUT2D eigenvalue weighted by atomic mass is 10.0. The second-order valence-corrected chi connectivity index (χ2v) is 7.88. The Morgan fingerprint density at radius 1 is 1.18 bits per heavy atom. The Balaban J connectivity index is 1.50. The van der Waals surface area contributed by atoms with Crippen LogP contribution in [-0.4, -0.2) is 34.2 Å². The van der Waals surface area contributed by atoms with Gasteiger partial charge in [0.2, 0.25) is 0 Å². The zero-order valence-electron chi connectivity index (χ0n) is 15.2. The van der Waals surface area contributed by atoms with E-state index in [0.29, 0.717) is 29.6 Å². The number of benzene rings is 2. The van der Waals surface area contributed by atoms with E-state index >= 15 is 0 Å². The number of carbonyl (C=O) groups excluding carboxylic acids is 1. The molecule has 0 radical (unpaired) electrons. The Labute approximate surface area is 173 Å². The monoisotopic (exact) mass is 417 g/mol. The summed E-state index contributed by atoms with van der Waals surface area (Å²) in [6, 6.07) is 12.7. The molecule has 28 heavy (non-hydrogen) atoms. The first-order valence-corrected chi connectivity index (χ1v) is 10.0. The molecule has 1 aliphatic heterocycles. The van der Waals surface area contributed by atoms with Crippen molar-refractivity contribution < 1.29 is 9.90 Å². The lowest BCUT2D eigenvalue weighted by Crippen LogP contribution is -2.44. The molecular weight excluding hydrogens is 397 g/mol. The summed E-state index contributed by atoms with van der Waals surface area (Å²) in [4.78, 5) is 18.1. The summed E-state index contributed by atoms with van der Waals surface area (Å²) in [5.41, 5.74) is 4.23. The van der Waals surface area contributed by atoms with Gasteiger partial charge in [-0.1, -0.05) is 35.3 Å². The molecule has 4 rings (SSSR count). The van der Waals surface area contributed by atoms with Crippen molar-refractivity contribution in [2.24, 2.45) is 0 Å². The van der Waals surface area contributed by atoms with E-state index in [1.807, 2.05) is 30.3 Å². The zero-order valence-corrected chi connectivity index (χ0v) is 16.7. The number of aliphatic hydroxyl groups excluding tert-OH is 1.